The molecule has 0 spiro atoms. The Hall–Kier alpha value is -0.530. The van der Waals surface area contributed by atoms with E-state index in [4.69, 9.17) is 4.74 Å². The smallest absolute Gasteiger partial charge is 0.312 e. The second kappa shape index (κ2) is 5.70. The number of ether oxygens (including phenoxy) is 1. The van der Waals surface area contributed by atoms with Crippen LogP contribution in [-0.4, -0.2) is 11.6 Å². The summed E-state index contributed by atoms with van der Waals surface area (Å²) in [5.41, 5.74) is -0.659. The normalized spacial score (nSPS) is 16.0. The van der Waals surface area contributed by atoms with E-state index in [9.17, 15) is 4.79 Å². The molecule has 1 atom stereocenters. The lowest BCUT2D eigenvalue weighted by Gasteiger charge is -2.36. The SMILES string of the molecule is CCC(C)(CC)C(=O)OC(C)(CC)C(C)C. The van der Waals surface area contributed by atoms with Crippen molar-refractivity contribution in [3.8, 4) is 0 Å². The van der Waals surface area contributed by atoms with Gasteiger partial charge < -0.3 is 4.74 Å². The molecular weight excluding hydrogens is 200 g/mol. The number of esters is 1. The Balaban J connectivity index is 4.78. The van der Waals surface area contributed by atoms with E-state index in [1.807, 2.05) is 27.7 Å². The van der Waals surface area contributed by atoms with E-state index in [2.05, 4.69) is 20.8 Å². The van der Waals surface area contributed by atoms with Crippen molar-refractivity contribution >= 4 is 5.97 Å². The van der Waals surface area contributed by atoms with Crippen LogP contribution in [0, 0.1) is 11.3 Å². The van der Waals surface area contributed by atoms with E-state index >= 15 is 0 Å². The predicted octanol–water partition coefficient (Wildman–Crippen LogP) is 4.18. The first-order chi connectivity index (χ1) is 7.25. The van der Waals surface area contributed by atoms with E-state index in [0.717, 1.165) is 19.3 Å². The Labute approximate surface area is 101 Å². The van der Waals surface area contributed by atoms with E-state index < -0.39 is 0 Å². The van der Waals surface area contributed by atoms with Gasteiger partial charge in [0, 0.05) is 0 Å². The van der Waals surface area contributed by atoms with Crippen LogP contribution in [-0.2, 0) is 9.53 Å². The third-order valence-corrected chi connectivity index (χ3v) is 4.30. The summed E-state index contributed by atoms with van der Waals surface area (Å²) in [4.78, 5) is 12.2. The summed E-state index contributed by atoms with van der Waals surface area (Å²) in [7, 11) is 0. The standard InChI is InChI=1S/C14H28O2/c1-8-13(6,9-2)12(15)16-14(7,10-3)11(4)5/h11H,8-10H2,1-7H3. The van der Waals surface area contributed by atoms with Crippen molar-refractivity contribution in [1.82, 2.24) is 0 Å². The highest BCUT2D eigenvalue weighted by molar-refractivity contribution is 5.76. The summed E-state index contributed by atoms with van der Waals surface area (Å²) in [6.45, 7) is 14.4. The van der Waals surface area contributed by atoms with Crippen molar-refractivity contribution in [1.29, 1.82) is 0 Å². The molecule has 0 saturated carbocycles. The van der Waals surface area contributed by atoms with Crippen molar-refractivity contribution < 1.29 is 9.53 Å². The topological polar surface area (TPSA) is 26.3 Å². The lowest BCUT2D eigenvalue weighted by atomic mass is 9.83. The van der Waals surface area contributed by atoms with E-state index in [1.165, 1.54) is 0 Å². The molecule has 0 aliphatic carbocycles. The summed E-state index contributed by atoms with van der Waals surface area (Å²) in [6, 6.07) is 0. The lowest BCUT2D eigenvalue weighted by Crippen LogP contribution is -2.41. The van der Waals surface area contributed by atoms with Gasteiger partial charge in [0.05, 0.1) is 5.41 Å². The molecule has 0 aromatic heterocycles. The summed E-state index contributed by atoms with van der Waals surface area (Å²) < 4.78 is 5.76. The van der Waals surface area contributed by atoms with Gasteiger partial charge in [-0.15, -0.1) is 0 Å². The Morgan fingerprint density at radius 2 is 1.50 bits per heavy atom. The zero-order valence-electron chi connectivity index (χ0n) is 12.0. The second-order valence-electron chi connectivity index (χ2n) is 5.48. The third kappa shape index (κ3) is 3.23. The molecule has 16 heavy (non-hydrogen) atoms. The molecule has 0 amide bonds. The van der Waals surface area contributed by atoms with Gasteiger partial charge in [-0.3, -0.25) is 4.79 Å². The highest BCUT2D eigenvalue weighted by atomic mass is 16.6. The average Bonchev–Trinajstić information content (AvgIpc) is 2.27. The highest BCUT2D eigenvalue weighted by Gasteiger charge is 2.38. The molecule has 0 fully saturated rings. The van der Waals surface area contributed by atoms with Crippen LogP contribution in [0.15, 0.2) is 0 Å². The molecule has 0 radical (unpaired) electrons. The summed E-state index contributed by atoms with van der Waals surface area (Å²) in [5.74, 6) is 0.301. The van der Waals surface area contributed by atoms with E-state index in [-0.39, 0.29) is 17.0 Å². The second-order valence-corrected chi connectivity index (χ2v) is 5.48. The highest BCUT2D eigenvalue weighted by Crippen LogP contribution is 2.33. The monoisotopic (exact) mass is 228 g/mol. The Morgan fingerprint density at radius 1 is 1.06 bits per heavy atom. The van der Waals surface area contributed by atoms with Gasteiger partial charge in [0.25, 0.3) is 0 Å². The molecular formula is C14H28O2. The molecule has 0 aromatic rings. The number of hydrogen-bond donors (Lipinski definition) is 0. The van der Waals surface area contributed by atoms with Crippen molar-refractivity contribution in [3.63, 3.8) is 0 Å². The zero-order valence-corrected chi connectivity index (χ0v) is 12.0. The van der Waals surface area contributed by atoms with Crippen LogP contribution in [0.5, 0.6) is 0 Å². The number of carbonyl (C=O) groups is 1. The van der Waals surface area contributed by atoms with Crippen molar-refractivity contribution in [2.24, 2.45) is 11.3 Å². The molecule has 0 rings (SSSR count). The molecule has 0 aliphatic rings. The fourth-order valence-corrected chi connectivity index (χ4v) is 1.47. The lowest BCUT2D eigenvalue weighted by molar-refractivity contribution is -0.175. The van der Waals surface area contributed by atoms with Gasteiger partial charge >= 0.3 is 5.97 Å². The average molecular weight is 228 g/mol. The van der Waals surface area contributed by atoms with Gasteiger partial charge in [0.2, 0.25) is 0 Å². The van der Waals surface area contributed by atoms with Crippen LogP contribution in [0.2, 0.25) is 0 Å². The molecule has 2 heteroatoms. The van der Waals surface area contributed by atoms with Gasteiger partial charge in [0.1, 0.15) is 5.60 Å². The Bertz CT molecular complexity index is 229. The van der Waals surface area contributed by atoms with E-state index in [1.54, 1.807) is 0 Å². The molecule has 96 valence electrons. The number of carbonyl (C=O) groups excluding carboxylic acids is 1. The molecule has 0 bridgehead atoms. The zero-order chi connectivity index (χ0) is 13.0. The summed E-state index contributed by atoms with van der Waals surface area (Å²) >= 11 is 0. The van der Waals surface area contributed by atoms with Crippen LogP contribution in [0.3, 0.4) is 0 Å². The van der Waals surface area contributed by atoms with Crippen LogP contribution in [0.4, 0.5) is 0 Å². The fraction of sp³-hybridized carbons (Fsp3) is 0.929. The molecule has 0 saturated heterocycles. The molecule has 1 unspecified atom stereocenters. The maximum Gasteiger partial charge on any atom is 0.312 e. The van der Waals surface area contributed by atoms with Gasteiger partial charge in [-0.25, -0.2) is 0 Å². The minimum atomic E-state index is -0.331. The fourth-order valence-electron chi connectivity index (χ4n) is 1.47. The maximum atomic E-state index is 12.2. The predicted molar refractivity (Wildman–Crippen MR) is 68.3 cm³/mol. The Morgan fingerprint density at radius 3 is 1.75 bits per heavy atom. The molecule has 0 N–H and O–H groups in total. The molecule has 0 aromatic carbocycles. The Kier molecular flexibility index (Phi) is 5.51. The number of rotatable bonds is 6. The minimum Gasteiger partial charge on any atom is -0.459 e. The van der Waals surface area contributed by atoms with Gasteiger partial charge in [0.15, 0.2) is 0 Å². The third-order valence-electron chi connectivity index (χ3n) is 4.30. The van der Waals surface area contributed by atoms with Crippen LogP contribution >= 0.6 is 0 Å². The summed E-state index contributed by atoms with van der Waals surface area (Å²) in [6.07, 6.45) is 2.53. The first-order valence-corrected chi connectivity index (χ1v) is 6.49. The van der Waals surface area contributed by atoms with Crippen LogP contribution < -0.4 is 0 Å². The first-order valence-electron chi connectivity index (χ1n) is 6.49. The van der Waals surface area contributed by atoms with Crippen molar-refractivity contribution in [2.75, 3.05) is 0 Å². The largest absolute Gasteiger partial charge is 0.459 e. The molecule has 0 heterocycles. The quantitative estimate of drug-likeness (QED) is 0.637. The van der Waals surface area contributed by atoms with Gasteiger partial charge in [-0.2, -0.15) is 0 Å². The minimum absolute atomic E-state index is 0.0458. The van der Waals surface area contributed by atoms with Gasteiger partial charge in [-0.1, -0.05) is 34.6 Å². The van der Waals surface area contributed by atoms with Crippen LogP contribution in [0.1, 0.15) is 67.7 Å². The van der Waals surface area contributed by atoms with Crippen LogP contribution in [0.25, 0.3) is 0 Å². The number of hydrogen-bond acceptors (Lipinski definition) is 2. The maximum absolute atomic E-state index is 12.2. The molecule has 2 nitrogen and oxygen atoms in total. The van der Waals surface area contributed by atoms with Crippen molar-refractivity contribution in [2.45, 2.75) is 73.3 Å². The van der Waals surface area contributed by atoms with E-state index in [0.29, 0.717) is 5.92 Å². The van der Waals surface area contributed by atoms with Crippen molar-refractivity contribution in [3.05, 3.63) is 0 Å². The summed E-state index contributed by atoms with van der Waals surface area (Å²) in [5, 5.41) is 0. The first kappa shape index (κ1) is 15.5. The van der Waals surface area contributed by atoms with Gasteiger partial charge in [-0.05, 0) is 39.0 Å². The molecule has 0 aliphatic heterocycles.